The Morgan fingerprint density at radius 3 is 2.96 bits per heavy atom. The van der Waals surface area contributed by atoms with Gasteiger partial charge in [-0.15, -0.1) is 0 Å². The molecule has 0 unspecified atom stereocenters. The number of carbonyl (C=O) groups is 1. The number of fused-ring (bicyclic) bond motifs is 2. The maximum Gasteiger partial charge on any atom is 0.267 e. The minimum absolute atomic E-state index is 0.0329. The van der Waals surface area contributed by atoms with E-state index in [9.17, 15) is 9.59 Å². The first-order chi connectivity index (χ1) is 13.2. The summed E-state index contributed by atoms with van der Waals surface area (Å²) in [7, 11) is 0. The summed E-state index contributed by atoms with van der Waals surface area (Å²) in [5.74, 6) is 0.312. The van der Waals surface area contributed by atoms with E-state index in [-0.39, 0.29) is 23.8 Å². The molecule has 1 saturated heterocycles. The van der Waals surface area contributed by atoms with E-state index in [1.165, 1.54) is 0 Å². The molecule has 3 aromatic rings. The van der Waals surface area contributed by atoms with Crippen molar-refractivity contribution < 1.29 is 9.32 Å². The van der Waals surface area contributed by atoms with Gasteiger partial charge in [-0.2, -0.15) is 5.10 Å². The van der Waals surface area contributed by atoms with Gasteiger partial charge in [0, 0.05) is 30.5 Å². The van der Waals surface area contributed by atoms with Crippen molar-refractivity contribution >= 4 is 16.9 Å². The molecule has 0 radical (unpaired) electrons. The molecule has 0 bridgehead atoms. The highest BCUT2D eigenvalue weighted by Crippen LogP contribution is 2.22. The van der Waals surface area contributed by atoms with Crippen LogP contribution in [0.2, 0.25) is 0 Å². The molecule has 5 rings (SSSR count). The Morgan fingerprint density at radius 1 is 1.22 bits per heavy atom. The lowest BCUT2D eigenvalue weighted by Gasteiger charge is -2.39. The highest BCUT2D eigenvalue weighted by Gasteiger charge is 2.32. The summed E-state index contributed by atoms with van der Waals surface area (Å²) < 4.78 is 6.84. The van der Waals surface area contributed by atoms with E-state index in [0.29, 0.717) is 30.9 Å². The maximum absolute atomic E-state index is 12.5. The zero-order chi connectivity index (χ0) is 18.4. The summed E-state index contributed by atoms with van der Waals surface area (Å²) in [5, 5.41) is 9.43. The normalized spacial score (nSPS) is 16.5. The lowest BCUT2D eigenvalue weighted by Crippen LogP contribution is -2.52. The van der Waals surface area contributed by atoms with Gasteiger partial charge in [0.1, 0.15) is 5.69 Å². The quantitative estimate of drug-likeness (QED) is 0.702. The van der Waals surface area contributed by atoms with Crippen LogP contribution >= 0.6 is 0 Å². The maximum atomic E-state index is 12.5. The average Bonchev–Trinajstić information content (AvgIpc) is 3.24. The van der Waals surface area contributed by atoms with Crippen molar-refractivity contribution in [2.75, 3.05) is 13.1 Å². The van der Waals surface area contributed by atoms with Crippen molar-refractivity contribution in [2.24, 2.45) is 5.92 Å². The van der Waals surface area contributed by atoms with Gasteiger partial charge in [0.2, 0.25) is 5.91 Å². The molecule has 0 saturated carbocycles. The molecule has 0 atom stereocenters. The average molecular weight is 364 g/mol. The molecule has 1 aliphatic heterocycles. The van der Waals surface area contributed by atoms with Crippen LogP contribution in [0, 0.1) is 5.92 Å². The number of hydrogen-bond donors (Lipinski definition) is 0. The van der Waals surface area contributed by atoms with Crippen molar-refractivity contribution in [1.29, 1.82) is 0 Å². The van der Waals surface area contributed by atoms with Crippen molar-refractivity contribution in [3.8, 4) is 0 Å². The van der Waals surface area contributed by atoms with Crippen LogP contribution in [0.25, 0.3) is 11.0 Å². The van der Waals surface area contributed by atoms with Crippen molar-refractivity contribution in [3.05, 3.63) is 57.6 Å². The molecule has 138 valence electrons. The van der Waals surface area contributed by atoms with E-state index in [1.807, 2.05) is 29.2 Å². The molecule has 27 heavy (non-hydrogen) atoms. The van der Waals surface area contributed by atoms with Crippen molar-refractivity contribution in [3.63, 3.8) is 0 Å². The lowest BCUT2D eigenvalue weighted by molar-refractivity contribution is -0.137. The molecule has 2 aromatic heterocycles. The van der Waals surface area contributed by atoms with Gasteiger partial charge >= 0.3 is 0 Å². The zero-order valence-electron chi connectivity index (χ0n) is 14.9. The monoisotopic (exact) mass is 364 g/mol. The number of carbonyl (C=O) groups excluding carboxylic acids is 1. The molecule has 1 aromatic carbocycles. The second-order valence-electron chi connectivity index (χ2n) is 7.46. The molecule has 0 spiro atoms. The third-order valence-corrected chi connectivity index (χ3v) is 5.54. The summed E-state index contributed by atoms with van der Waals surface area (Å²) in [6.45, 7) is 1.88. The fourth-order valence-electron chi connectivity index (χ4n) is 4.02. The Hall–Kier alpha value is -2.96. The van der Waals surface area contributed by atoms with Crippen LogP contribution in [0.3, 0.4) is 0 Å². The standard InChI is InChI=1S/C20H20N4O3/c25-19(9-17-15-5-1-2-7-18(15)27-22-17)23-10-13(11-23)12-24-20(26)8-14-4-3-6-16(14)21-24/h1-2,5,7-8,13H,3-4,6,9-12H2. The van der Waals surface area contributed by atoms with Crippen LogP contribution in [0.1, 0.15) is 23.4 Å². The second-order valence-corrected chi connectivity index (χ2v) is 7.46. The van der Waals surface area contributed by atoms with Gasteiger partial charge in [-0.3, -0.25) is 9.59 Å². The smallest absolute Gasteiger partial charge is 0.267 e. The molecule has 0 N–H and O–H groups in total. The Balaban J connectivity index is 1.21. The number of aromatic nitrogens is 3. The number of para-hydroxylation sites is 1. The highest BCUT2D eigenvalue weighted by molar-refractivity contribution is 5.86. The zero-order valence-corrected chi connectivity index (χ0v) is 14.9. The fraction of sp³-hybridized carbons (Fsp3) is 0.400. The summed E-state index contributed by atoms with van der Waals surface area (Å²) in [6, 6.07) is 9.28. The summed E-state index contributed by atoms with van der Waals surface area (Å²) >= 11 is 0. The van der Waals surface area contributed by atoms with Crippen LogP contribution in [0.5, 0.6) is 0 Å². The van der Waals surface area contributed by atoms with E-state index in [1.54, 1.807) is 10.7 Å². The number of aryl methyl sites for hydroxylation is 2. The number of nitrogens with zero attached hydrogens (tertiary/aromatic N) is 4. The van der Waals surface area contributed by atoms with Gasteiger partial charge in [0.05, 0.1) is 18.7 Å². The van der Waals surface area contributed by atoms with Gasteiger partial charge in [-0.05, 0) is 37.0 Å². The predicted molar refractivity (Wildman–Crippen MR) is 98.3 cm³/mol. The SMILES string of the molecule is O=C(Cc1noc2ccccc12)N1CC(Cn2nc3c(cc2=O)CCC3)C1. The van der Waals surface area contributed by atoms with Gasteiger partial charge in [0.15, 0.2) is 5.58 Å². The van der Waals surface area contributed by atoms with E-state index in [2.05, 4.69) is 10.3 Å². The molecule has 1 amide bonds. The number of likely N-dealkylation sites (tertiary alicyclic amines) is 1. The van der Waals surface area contributed by atoms with Crippen LogP contribution in [-0.4, -0.2) is 38.8 Å². The Morgan fingerprint density at radius 2 is 2.07 bits per heavy atom. The molecule has 2 aliphatic rings. The molecule has 1 aliphatic carbocycles. The first-order valence-electron chi connectivity index (χ1n) is 9.38. The van der Waals surface area contributed by atoms with Gasteiger partial charge in [0.25, 0.3) is 5.56 Å². The van der Waals surface area contributed by atoms with Gasteiger partial charge in [-0.1, -0.05) is 17.3 Å². The minimum Gasteiger partial charge on any atom is -0.356 e. The van der Waals surface area contributed by atoms with E-state index < -0.39 is 0 Å². The molecular formula is C20H20N4O3. The Kier molecular flexibility index (Phi) is 3.81. The molecular weight excluding hydrogens is 344 g/mol. The van der Waals surface area contributed by atoms with Crippen LogP contribution < -0.4 is 5.56 Å². The highest BCUT2D eigenvalue weighted by atomic mass is 16.5. The van der Waals surface area contributed by atoms with Gasteiger partial charge < -0.3 is 9.42 Å². The number of rotatable bonds is 4. The lowest BCUT2D eigenvalue weighted by atomic mass is 9.99. The molecule has 7 heteroatoms. The number of hydrogen-bond acceptors (Lipinski definition) is 5. The summed E-state index contributed by atoms with van der Waals surface area (Å²) in [4.78, 5) is 26.5. The summed E-state index contributed by atoms with van der Waals surface area (Å²) in [5.41, 5.74) is 3.50. The summed E-state index contributed by atoms with van der Waals surface area (Å²) in [6.07, 6.45) is 3.23. The fourth-order valence-corrected chi connectivity index (χ4v) is 4.02. The van der Waals surface area contributed by atoms with Crippen molar-refractivity contribution in [1.82, 2.24) is 19.8 Å². The first kappa shape index (κ1) is 16.2. The number of benzene rings is 1. The topological polar surface area (TPSA) is 81.2 Å². The van der Waals surface area contributed by atoms with E-state index in [0.717, 1.165) is 35.9 Å². The second kappa shape index (κ2) is 6.33. The third kappa shape index (κ3) is 2.93. The van der Waals surface area contributed by atoms with E-state index in [4.69, 9.17) is 4.52 Å². The van der Waals surface area contributed by atoms with Crippen LogP contribution in [0.4, 0.5) is 0 Å². The third-order valence-electron chi connectivity index (χ3n) is 5.54. The molecule has 7 nitrogen and oxygen atoms in total. The largest absolute Gasteiger partial charge is 0.356 e. The minimum atomic E-state index is -0.0329. The van der Waals surface area contributed by atoms with Crippen molar-refractivity contribution in [2.45, 2.75) is 32.2 Å². The Labute approximate surface area is 155 Å². The molecule has 1 fully saturated rings. The van der Waals surface area contributed by atoms with Crippen LogP contribution in [-0.2, 0) is 30.6 Å². The predicted octanol–water partition coefficient (Wildman–Crippen LogP) is 1.57. The first-order valence-corrected chi connectivity index (χ1v) is 9.38. The van der Waals surface area contributed by atoms with E-state index >= 15 is 0 Å². The molecule has 3 heterocycles. The number of amides is 1. The Bertz CT molecular complexity index is 1080. The van der Waals surface area contributed by atoms with Gasteiger partial charge in [-0.25, -0.2) is 4.68 Å². The van der Waals surface area contributed by atoms with Crippen LogP contribution in [0.15, 0.2) is 39.6 Å².